The number of Topliss-reactive ketones (excluding diaryl/α,β-unsaturated/α-hetero) is 1. The lowest BCUT2D eigenvalue weighted by Crippen LogP contribution is -2.38. The third-order valence-electron chi connectivity index (χ3n) is 3.29. The number of nitrogens with zero attached hydrogens (tertiary/aromatic N) is 1. The van der Waals surface area contributed by atoms with Gasteiger partial charge in [0.05, 0.1) is 12.8 Å². The number of rotatable bonds is 5. The maximum absolute atomic E-state index is 12.1. The number of carbonyl (C=O) groups is 2. The molecule has 0 aliphatic rings. The number of ketones is 1. The molecule has 2 N–H and O–H groups in total. The lowest BCUT2D eigenvalue weighted by atomic mass is 10.0. The summed E-state index contributed by atoms with van der Waals surface area (Å²) >= 11 is 0. The van der Waals surface area contributed by atoms with Gasteiger partial charge in [-0.1, -0.05) is 0 Å². The Bertz CT molecular complexity index is 653. The Balaban J connectivity index is 2.07. The first kappa shape index (κ1) is 15.1. The number of hydrogen-bond acceptors (Lipinski definition) is 4. The zero-order chi connectivity index (χ0) is 15.6. The Labute approximate surface area is 122 Å². The average molecular weight is 290 g/mol. The summed E-state index contributed by atoms with van der Waals surface area (Å²) in [7, 11) is 1.69. The van der Waals surface area contributed by atoms with Crippen LogP contribution in [0.4, 0.5) is 0 Å². The van der Waals surface area contributed by atoms with Gasteiger partial charge in [-0.15, -0.1) is 0 Å². The number of hydrogen-bond donors (Lipinski definition) is 2. The van der Waals surface area contributed by atoms with Crippen LogP contribution in [0.2, 0.25) is 0 Å². The van der Waals surface area contributed by atoms with Gasteiger partial charge in [0.1, 0.15) is 17.1 Å². The molecule has 0 fully saturated rings. The highest BCUT2D eigenvalue weighted by Crippen LogP contribution is 2.20. The van der Waals surface area contributed by atoms with Crippen LogP contribution in [-0.4, -0.2) is 27.9 Å². The highest BCUT2D eigenvalue weighted by atomic mass is 16.4. The Morgan fingerprint density at radius 1 is 1.48 bits per heavy atom. The van der Waals surface area contributed by atoms with Crippen LogP contribution in [-0.2, 0) is 12.6 Å². The Kier molecular flexibility index (Phi) is 3.99. The van der Waals surface area contributed by atoms with Crippen molar-refractivity contribution in [3.05, 3.63) is 47.7 Å². The minimum absolute atomic E-state index is 0.0000680. The maximum Gasteiger partial charge on any atom is 0.268 e. The summed E-state index contributed by atoms with van der Waals surface area (Å²) in [6.07, 6.45) is 3.06. The molecule has 1 unspecified atom stereocenters. The summed E-state index contributed by atoms with van der Waals surface area (Å²) < 4.78 is 6.72. The number of aliphatic hydroxyl groups is 1. The van der Waals surface area contributed by atoms with Gasteiger partial charge in [0.15, 0.2) is 5.78 Å². The quantitative estimate of drug-likeness (QED) is 0.816. The van der Waals surface area contributed by atoms with Crippen LogP contribution in [0.25, 0.3) is 0 Å². The molecule has 0 saturated carbocycles. The standard InChI is InChI=1S/C15H18N2O4/c1-10(18)11-7-12(17(3)8-11)14(19)16-9-15(2,20)13-5-4-6-21-13/h4-8,20H,9H2,1-3H3,(H,16,19). The van der Waals surface area contributed by atoms with Crippen molar-refractivity contribution in [1.29, 1.82) is 0 Å². The Morgan fingerprint density at radius 2 is 2.19 bits per heavy atom. The van der Waals surface area contributed by atoms with E-state index in [1.807, 2.05) is 0 Å². The smallest absolute Gasteiger partial charge is 0.268 e. The predicted octanol–water partition coefficient (Wildman–Crippen LogP) is 1.46. The molecule has 2 heterocycles. The molecule has 2 aromatic rings. The van der Waals surface area contributed by atoms with Crippen LogP contribution in [0.5, 0.6) is 0 Å². The van der Waals surface area contributed by atoms with E-state index < -0.39 is 5.60 Å². The second kappa shape index (κ2) is 5.57. The van der Waals surface area contributed by atoms with Crippen LogP contribution in [0.15, 0.2) is 35.1 Å². The van der Waals surface area contributed by atoms with Crippen LogP contribution in [0.1, 0.15) is 40.5 Å². The highest BCUT2D eigenvalue weighted by molar-refractivity contribution is 5.99. The molecule has 1 amide bonds. The molecule has 0 saturated heterocycles. The SMILES string of the molecule is CC(=O)c1cc(C(=O)NCC(C)(O)c2ccco2)n(C)c1. The summed E-state index contributed by atoms with van der Waals surface area (Å²) in [6.45, 7) is 3.00. The van der Waals surface area contributed by atoms with E-state index in [0.29, 0.717) is 17.0 Å². The number of aromatic nitrogens is 1. The molecule has 0 radical (unpaired) electrons. The Hall–Kier alpha value is -2.34. The molecule has 1 atom stereocenters. The molecule has 6 nitrogen and oxygen atoms in total. The molecule has 6 heteroatoms. The molecule has 0 bridgehead atoms. The van der Waals surface area contributed by atoms with Gasteiger partial charge in [0.25, 0.3) is 5.91 Å². The van der Waals surface area contributed by atoms with Crippen molar-refractivity contribution in [3.63, 3.8) is 0 Å². The first-order chi connectivity index (χ1) is 9.81. The predicted molar refractivity (Wildman–Crippen MR) is 76.0 cm³/mol. The fourth-order valence-corrected chi connectivity index (χ4v) is 2.00. The molecule has 0 aliphatic heterocycles. The van der Waals surface area contributed by atoms with Crippen molar-refractivity contribution in [2.45, 2.75) is 19.4 Å². The molecule has 2 aromatic heterocycles. The minimum atomic E-state index is -1.30. The first-order valence-corrected chi connectivity index (χ1v) is 6.53. The summed E-state index contributed by atoms with van der Waals surface area (Å²) in [4.78, 5) is 23.4. The van der Waals surface area contributed by atoms with Gasteiger partial charge < -0.3 is 19.4 Å². The van der Waals surface area contributed by atoms with Crippen molar-refractivity contribution in [2.24, 2.45) is 7.05 Å². The van der Waals surface area contributed by atoms with Gasteiger partial charge in [-0.3, -0.25) is 9.59 Å². The number of nitrogens with one attached hydrogen (secondary N) is 1. The summed E-state index contributed by atoms with van der Waals surface area (Å²) in [5.41, 5.74) is -0.468. The van der Waals surface area contributed by atoms with E-state index in [1.54, 1.807) is 36.9 Å². The van der Waals surface area contributed by atoms with Crippen LogP contribution in [0.3, 0.4) is 0 Å². The summed E-state index contributed by atoms with van der Waals surface area (Å²) in [5.74, 6) is -0.0943. The fraction of sp³-hybridized carbons (Fsp3) is 0.333. The van der Waals surface area contributed by atoms with Crippen molar-refractivity contribution in [3.8, 4) is 0 Å². The molecule has 0 aromatic carbocycles. The molecule has 0 aliphatic carbocycles. The average Bonchev–Trinajstić information content (AvgIpc) is 3.05. The van der Waals surface area contributed by atoms with E-state index in [9.17, 15) is 14.7 Å². The second-order valence-electron chi connectivity index (χ2n) is 5.21. The molecule has 2 rings (SSSR count). The maximum atomic E-state index is 12.1. The number of amides is 1. The van der Waals surface area contributed by atoms with Crippen LogP contribution >= 0.6 is 0 Å². The topological polar surface area (TPSA) is 84.5 Å². The normalized spacial score (nSPS) is 13.7. The third-order valence-corrected chi connectivity index (χ3v) is 3.29. The molecule has 0 spiro atoms. The largest absolute Gasteiger partial charge is 0.466 e. The number of furan rings is 1. The number of carbonyl (C=O) groups excluding carboxylic acids is 2. The summed E-state index contributed by atoms with van der Waals surface area (Å²) in [6, 6.07) is 4.84. The molecular weight excluding hydrogens is 272 g/mol. The van der Waals surface area contributed by atoms with Gasteiger partial charge >= 0.3 is 0 Å². The zero-order valence-electron chi connectivity index (χ0n) is 12.2. The van der Waals surface area contributed by atoms with Gasteiger partial charge in [-0.2, -0.15) is 0 Å². The summed E-state index contributed by atoms with van der Waals surface area (Å²) in [5, 5.41) is 12.9. The van der Waals surface area contributed by atoms with Gasteiger partial charge in [-0.05, 0) is 32.0 Å². The third kappa shape index (κ3) is 3.22. The van der Waals surface area contributed by atoms with Gasteiger partial charge in [0.2, 0.25) is 0 Å². The first-order valence-electron chi connectivity index (χ1n) is 6.53. The van der Waals surface area contributed by atoms with Crippen molar-refractivity contribution in [1.82, 2.24) is 9.88 Å². The van der Waals surface area contributed by atoms with Crippen LogP contribution in [0, 0.1) is 0 Å². The van der Waals surface area contributed by atoms with Gasteiger partial charge in [0, 0.05) is 18.8 Å². The van der Waals surface area contributed by atoms with E-state index in [2.05, 4.69) is 5.32 Å². The second-order valence-corrected chi connectivity index (χ2v) is 5.21. The van der Waals surface area contributed by atoms with E-state index in [1.165, 1.54) is 19.3 Å². The minimum Gasteiger partial charge on any atom is -0.466 e. The van der Waals surface area contributed by atoms with Crippen LogP contribution < -0.4 is 5.32 Å². The van der Waals surface area contributed by atoms with E-state index in [4.69, 9.17) is 4.42 Å². The highest BCUT2D eigenvalue weighted by Gasteiger charge is 2.27. The zero-order valence-corrected chi connectivity index (χ0v) is 12.2. The van der Waals surface area contributed by atoms with Crippen molar-refractivity contribution < 1.29 is 19.1 Å². The van der Waals surface area contributed by atoms with Gasteiger partial charge in [-0.25, -0.2) is 0 Å². The molecular formula is C15H18N2O4. The van der Waals surface area contributed by atoms with E-state index in [-0.39, 0.29) is 18.2 Å². The monoisotopic (exact) mass is 290 g/mol. The number of aryl methyl sites for hydroxylation is 1. The fourth-order valence-electron chi connectivity index (χ4n) is 2.00. The van der Waals surface area contributed by atoms with Crippen molar-refractivity contribution in [2.75, 3.05) is 6.54 Å². The Morgan fingerprint density at radius 3 is 2.71 bits per heavy atom. The van der Waals surface area contributed by atoms with E-state index in [0.717, 1.165) is 0 Å². The molecule has 112 valence electrons. The lowest BCUT2D eigenvalue weighted by molar-refractivity contribution is 0.0329. The van der Waals surface area contributed by atoms with E-state index >= 15 is 0 Å². The molecule has 21 heavy (non-hydrogen) atoms. The van der Waals surface area contributed by atoms with Crippen molar-refractivity contribution >= 4 is 11.7 Å². The lowest BCUT2D eigenvalue weighted by Gasteiger charge is -2.21.